The summed E-state index contributed by atoms with van der Waals surface area (Å²) in [5.41, 5.74) is 0. The van der Waals surface area contributed by atoms with Gasteiger partial charge in [-0.25, -0.2) is 0 Å². The molecule has 0 aromatic carbocycles. The summed E-state index contributed by atoms with van der Waals surface area (Å²) in [4.78, 5) is 10.9. The van der Waals surface area contributed by atoms with Crippen LogP contribution in [-0.2, 0) is 14.3 Å². The number of methoxy groups -OCH3 is 2. The molecule has 0 unspecified atom stereocenters. The highest BCUT2D eigenvalue weighted by molar-refractivity contribution is 5.86. The number of carbonyl (C=O) groups is 1. The van der Waals surface area contributed by atoms with E-state index in [0.29, 0.717) is 12.5 Å². The second-order valence-electron chi connectivity index (χ2n) is 4.87. The molecule has 1 amide bonds. The first kappa shape index (κ1) is 15.9. The third-order valence-electron chi connectivity index (χ3n) is 3.74. The normalized spacial score (nSPS) is 19.5. The Morgan fingerprint density at radius 1 is 1.37 bits per heavy atom. The van der Waals surface area contributed by atoms with E-state index in [9.17, 15) is 4.79 Å². The first-order chi connectivity index (χ1) is 9.15. The minimum Gasteiger partial charge on any atom is -0.353 e. The van der Waals surface area contributed by atoms with Gasteiger partial charge in [-0.3, -0.25) is 4.79 Å². The van der Waals surface area contributed by atoms with Crippen LogP contribution in [0.5, 0.6) is 0 Å². The van der Waals surface area contributed by atoms with Crippen LogP contribution >= 0.6 is 0 Å². The lowest BCUT2D eigenvalue weighted by Gasteiger charge is -2.37. The Balaban J connectivity index is 2.21. The van der Waals surface area contributed by atoms with Crippen molar-refractivity contribution >= 4 is 5.91 Å². The van der Waals surface area contributed by atoms with Crippen molar-refractivity contribution in [3.63, 3.8) is 0 Å². The molecule has 1 rings (SSSR count). The van der Waals surface area contributed by atoms with E-state index >= 15 is 0 Å². The first-order valence-corrected chi connectivity index (χ1v) is 6.83. The van der Waals surface area contributed by atoms with E-state index < -0.39 is 0 Å². The molecule has 0 spiro atoms. The molecular weight excluding hydrogens is 242 g/mol. The van der Waals surface area contributed by atoms with E-state index in [4.69, 9.17) is 9.47 Å². The Bertz CT molecular complexity index is 311. The summed E-state index contributed by atoms with van der Waals surface area (Å²) in [5.74, 6) is 0.104. The lowest BCUT2D eigenvalue weighted by Crippen LogP contribution is -2.37. The largest absolute Gasteiger partial charge is 0.353 e. The molecule has 1 N–H and O–H groups in total. The number of allylic oxidation sites excluding steroid dienone is 1. The van der Waals surface area contributed by atoms with Gasteiger partial charge in [-0.05, 0) is 31.3 Å². The van der Waals surface area contributed by atoms with Crippen LogP contribution in [0.4, 0.5) is 0 Å². The summed E-state index contributed by atoms with van der Waals surface area (Å²) < 4.78 is 10.9. The van der Waals surface area contributed by atoms with Crippen molar-refractivity contribution in [1.82, 2.24) is 5.32 Å². The van der Waals surface area contributed by atoms with E-state index in [1.807, 2.05) is 0 Å². The van der Waals surface area contributed by atoms with Gasteiger partial charge in [-0.2, -0.15) is 0 Å². The van der Waals surface area contributed by atoms with Crippen molar-refractivity contribution in [2.45, 2.75) is 37.9 Å². The summed E-state index contributed by atoms with van der Waals surface area (Å²) >= 11 is 0. The number of hydrogen-bond donors (Lipinski definition) is 1. The third-order valence-corrected chi connectivity index (χ3v) is 3.74. The van der Waals surface area contributed by atoms with Crippen molar-refractivity contribution in [2.75, 3.05) is 20.8 Å². The molecule has 1 aliphatic carbocycles. The quantitative estimate of drug-likeness (QED) is 0.333. The molecule has 4 nitrogen and oxygen atoms in total. The first-order valence-electron chi connectivity index (χ1n) is 6.83. The van der Waals surface area contributed by atoms with Crippen LogP contribution in [-0.4, -0.2) is 32.5 Å². The zero-order valence-corrected chi connectivity index (χ0v) is 12.0. The Morgan fingerprint density at radius 2 is 2.00 bits per heavy atom. The number of hydrogen-bond acceptors (Lipinski definition) is 3. The molecular formula is C15H25NO3. The molecule has 0 atom stereocenters. The van der Waals surface area contributed by atoms with Gasteiger partial charge in [0.25, 0.3) is 0 Å². The average Bonchev–Trinajstić information content (AvgIpc) is 2.47. The summed E-state index contributed by atoms with van der Waals surface area (Å²) in [6, 6.07) is 0. The van der Waals surface area contributed by atoms with Gasteiger partial charge in [0.05, 0.1) is 0 Å². The van der Waals surface area contributed by atoms with Gasteiger partial charge in [-0.1, -0.05) is 18.7 Å². The van der Waals surface area contributed by atoms with Crippen LogP contribution in [0.3, 0.4) is 0 Å². The zero-order valence-electron chi connectivity index (χ0n) is 12.0. The summed E-state index contributed by atoms with van der Waals surface area (Å²) in [6.45, 7) is 4.07. The predicted molar refractivity (Wildman–Crippen MR) is 75.7 cm³/mol. The number of amides is 1. The maximum Gasteiger partial charge on any atom is 0.243 e. The molecule has 1 fully saturated rings. The van der Waals surface area contributed by atoms with Crippen LogP contribution in [0.2, 0.25) is 0 Å². The number of ether oxygens (including phenoxy) is 2. The van der Waals surface area contributed by atoms with E-state index in [2.05, 4.69) is 24.0 Å². The standard InChI is InChI=1S/C15H25NO3/c1-4-14(17)16-12-6-5-7-13-8-10-15(18-2,19-3)11-9-13/h4-5,7,13H,1,6,8-12H2,2-3H3,(H,16,17). The fourth-order valence-electron chi connectivity index (χ4n) is 2.40. The fourth-order valence-corrected chi connectivity index (χ4v) is 2.40. The second-order valence-corrected chi connectivity index (χ2v) is 4.87. The van der Waals surface area contributed by atoms with Crippen molar-refractivity contribution < 1.29 is 14.3 Å². The Labute approximate surface area is 115 Å². The van der Waals surface area contributed by atoms with Crippen LogP contribution < -0.4 is 5.32 Å². The maximum absolute atomic E-state index is 10.9. The number of rotatable bonds is 7. The Hall–Kier alpha value is -1.13. The van der Waals surface area contributed by atoms with Gasteiger partial charge in [0.15, 0.2) is 5.79 Å². The van der Waals surface area contributed by atoms with Gasteiger partial charge < -0.3 is 14.8 Å². The maximum atomic E-state index is 10.9. The molecule has 0 aliphatic heterocycles. The second kappa shape index (κ2) is 8.12. The Morgan fingerprint density at radius 3 is 2.53 bits per heavy atom. The molecule has 0 heterocycles. The van der Waals surface area contributed by atoms with Crippen molar-refractivity contribution in [3.05, 3.63) is 24.8 Å². The monoisotopic (exact) mass is 267 g/mol. The average molecular weight is 267 g/mol. The van der Waals surface area contributed by atoms with Crippen LogP contribution in [0.25, 0.3) is 0 Å². The highest BCUT2D eigenvalue weighted by Gasteiger charge is 2.34. The fraction of sp³-hybridized carbons (Fsp3) is 0.667. The molecule has 0 aromatic heterocycles. The molecule has 4 heteroatoms. The molecule has 1 saturated carbocycles. The molecule has 0 aromatic rings. The van der Waals surface area contributed by atoms with Crippen LogP contribution in [0.1, 0.15) is 32.1 Å². The zero-order chi connectivity index (χ0) is 14.1. The molecule has 0 bridgehead atoms. The van der Waals surface area contributed by atoms with Gasteiger partial charge in [0, 0.05) is 33.6 Å². The van der Waals surface area contributed by atoms with E-state index in [0.717, 1.165) is 32.1 Å². The highest BCUT2D eigenvalue weighted by atomic mass is 16.7. The Kier molecular flexibility index (Phi) is 6.81. The summed E-state index contributed by atoms with van der Waals surface area (Å²) in [7, 11) is 3.42. The van der Waals surface area contributed by atoms with E-state index in [1.54, 1.807) is 14.2 Å². The van der Waals surface area contributed by atoms with Crippen LogP contribution in [0, 0.1) is 5.92 Å². The van der Waals surface area contributed by atoms with E-state index in [-0.39, 0.29) is 11.7 Å². The van der Waals surface area contributed by atoms with E-state index in [1.165, 1.54) is 6.08 Å². The minimum absolute atomic E-state index is 0.115. The topological polar surface area (TPSA) is 47.6 Å². The summed E-state index contributed by atoms with van der Waals surface area (Å²) in [5, 5.41) is 2.75. The molecule has 108 valence electrons. The lowest BCUT2D eigenvalue weighted by molar-refractivity contribution is -0.225. The minimum atomic E-state index is -0.373. The third kappa shape index (κ3) is 5.17. The smallest absolute Gasteiger partial charge is 0.243 e. The van der Waals surface area contributed by atoms with Gasteiger partial charge in [0.1, 0.15) is 0 Å². The molecule has 0 radical (unpaired) electrons. The molecule has 0 saturated heterocycles. The van der Waals surface area contributed by atoms with Crippen LogP contribution in [0.15, 0.2) is 24.8 Å². The SMILES string of the molecule is C=CC(=O)NCCC=CC1CCC(OC)(OC)CC1. The van der Waals surface area contributed by atoms with Gasteiger partial charge in [-0.15, -0.1) is 0 Å². The number of nitrogens with one attached hydrogen (secondary N) is 1. The van der Waals surface area contributed by atoms with Gasteiger partial charge >= 0.3 is 0 Å². The van der Waals surface area contributed by atoms with Crippen molar-refractivity contribution in [3.8, 4) is 0 Å². The lowest BCUT2D eigenvalue weighted by atomic mass is 9.84. The number of carbonyl (C=O) groups excluding carboxylic acids is 1. The van der Waals surface area contributed by atoms with Crippen molar-refractivity contribution in [1.29, 1.82) is 0 Å². The summed E-state index contributed by atoms with van der Waals surface area (Å²) in [6.07, 6.45) is 10.6. The molecule has 1 aliphatic rings. The molecule has 19 heavy (non-hydrogen) atoms. The predicted octanol–water partition coefficient (Wildman–Crippen LogP) is 2.41. The van der Waals surface area contributed by atoms with Crippen molar-refractivity contribution in [2.24, 2.45) is 5.92 Å². The highest BCUT2D eigenvalue weighted by Crippen LogP contribution is 2.35. The van der Waals surface area contributed by atoms with Gasteiger partial charge in [0.2, 0.25) is 5.91 Å².